The molecule has 1 amide bonds. The first kappa shape index (κ1) is 19.5. The molecule has 1 aliphatic heterocycles. The molecule has 0 radical (unpaired) electrons. The topological polar surface area (TPSA) is 45.5 Å². The van der Waals surface area contributed by atoms with Crippen molar-refractivity contribution in [1.82, 2.24) is 10.2 Å². The van der Waals surface area contributed by atoms with Crippen molar-refractivity contribution in [2.45, 2.75) is 70.3 Å². The Kier molecular flexibility index (Phi) is 6.36. The Balaban J connectivity index is 1.19. The second kappa shape index (κ2) is 9.13. The number of nitrogens with zero attached hydrogens (tertiary/aromatic N) is 1. The van der Waals surface area contributed by atoms with Crippen LogP contribution in [0, 0.1) is 5.92 Å². The molecule has 4 heteroatoms. The molecular formula is C24H34N2O2. The Bertz CT molecular complexity index is 768. The molecule has 0 unspecified atom stereocenters. The number of benzene rings is 1. The van der Waals surface area contributed by atoms with E-state index in [2.05, 4.69) is 34.5 Å². The monoisotopic (exact) mass is 382 g/mol. The van der Waals surface area contributed by atoms with Crippen LogP contribution in [0.25, 0.3) is 11.0 Å². The predicted molar refractivity (Wildman–Crippen MR) is 113 cm³/mol. The van der Waals surface area contributed by atoms with E-state index < -0.39 is 0 Å². The summed E-state index contributed by atoms with van der Waals surface area (Å²) in [7, 11) is 0. The highest BCUT2D eigenvalue weighted by molar-refractivity contribution is 5.81. The minimum Gasteiger partial charge on any atom is -0.464 e. The minimum absolute atomic E-state index is 0.206. The van der Waals surface area contributed by atoms with Gasteiger partial charge in [-0.05, 0) is 94.1 Å². The number of fused-ring (bicyclic) bond motifs is 1. The van der Waals surface area contributed by atoms with Crippen molar-refractivity contribution in [2.24, 2.45) is 5.92 Å². The molecule has 2 aliphatic rings. The summed E-state index contributed by atoms with van der Waals surface area (Å²) in [4.78, 5) is 14.2. The number of nitrogens with one attached hydrogen (secondary N) is 1. The highest BCUT2D eigenvalue weighted by Crippen LogP contribution is 2.34. The normalized spacial score (nSPS) is 24.5. The summed E-state index contributed by atoms with van der Waals surface area (Å²) in [6, 6.07) is 9.03. The lowest BCUT2D eigenvalue weighted by Crippen LogP contribution is -2.38. The van der Waals surface area contributed by atoms with E-state index in [0.29, 0.717) is 18.4 Å². The van der Waals surface area contributed by atoms with Crippen LogP contribution < -0.4 is 5.32 Å². The summed E-state index contributed by atoms with van der Waals surface area (Å²) in [5.74, 6) is 1.71. The third-order valence-electron chi connectivity index (χ3n) is 6.94. The van der Waals surface area contributed by atoms with Crippen LogP contribution in [0.15, 0.2) is 34.9 Å². The van der Waals surface area contributed by atoms with Crippen molar-refractivity contribution in [1.29, 1.82) is 0 Å². The Morgan fingerprint density at radius 3 is 2.64 bits per heavy atom. The molecule has 1 aromatic carbocycles. The molecule has 2 heterocycles. The first-order chi connectivity index (χ1) is 13.7. The van der Waals surface area contributed by atoms with E-state index in [1.165, 1.54) is 62.7 Å². The fraction of sp³-hybridized carbons (Fsp3) is 0.625. The van der Waals surface area contributed by atoms with Crippen molar-refractivity contribution in [3.05, 3.63) is 36.1 Å². The van der Waals surface area contributed by atoms with Crippen molar-refractivity contribution in [2.75, 3.05) is 19.6 Å². The first-order valence-corrected chi connectivity index (χ1v) is 11.2. The van der Waals surface area contributed by atoms with Crippen LogP contribution in [0.3, 0.4) is 0 Å². The van der Waals surface area contributed by atoms with Crippen LogP contribution in [-0.2, 0) is 4.79 Å². The molecule has 0 spiro atoms. The van der Waals surface area contributed by atoms with Gasteiger partial charge in [-0.15, -0.1) is 0 Å². The molecule has 1 aliphatic carbocycles. The van der Waals surface area contributed by atoms with Crippen LogP contribution in [0.1, 0.15) is 69.8 Å². The maximum atomic E-state index is 11.6. The van der Waals surface area contributed by atoms with Crippen LogP contribution >= 0.6 is 0 Å². The summed E-state index contributed by atoms with van der Waals surface area (Å²) >= 11 is 0. The lowest BCUT2D eigenvalue weighted by molar-refractivity contribution is -0.121. The smallest absolute Gasteiger partial charge is 0.219 e. The van der Waals surface area contributed by atoms with E-state index in [-0.39, 0.29) is 5.91 Å². The summed E-state index contributed by atoms with van der Waals surface area (Å²) in [6.45, 7) is 5.58. The van der Waals surface area contributed by atoms with E-state index in [0.717, 1.165) is 24.3 Å². The minimum atomic E-state index is 0.206. The molecule has 2 fully saturated rings. The van der Waals surface area contributed by atoms with E-state index in [1.807, 2.05) is 13.2 Å². The van der Waals surface area contributed by atoms with Crippen molar-refractivity contribution >= 4 is 16.9 Å². The standard InChI is InChI=1S/C24H34N2O2/c1-2-24(27)25-20-8-6-18(7-9-20)10-14-26-15-11-19(12-16-26)21-4-3-5-23-22(21)13-17-28-23/h3-5,13,17-20H,2,6-12,14-16H2,1H3,(H,25,27). The molecule has 28 heavy (non-hydrogen) atoms. The number of carbonyl (C=O) groups excluding carboxylic acids is 1. The number of piperidine rings is 1. The highest BCUT2D eigenvalue weighted by atomic mass is 16.3. The van der Waals surface area contributed by atoms with Gasteiger partial charge in [-0.1, -0.05) is 19.1 Å². The van der Waals surface area contributed by atoms with Crippen LogP contribution in [0.2, 0.25) is 0 Å². The molecule has 1 saturated carbocycles. The van der Waals surface area contributed by atoms with Gasteiger partial charge in [0, 0.05) is 17.8 Å². The molecular weight excluding hydrogens is 348 g/mol. The van der Waals surface area contributed by atoms with Crippen molar-refractivity contribution < 1.29 is 9.21 Å². The first-order valence-electron chi connectivity index (χ1n) is 11.2. The molecule has 0 atom stereocenters. The lowest BCUT2D eigenvalue weighted by Gasteiger charge is -2.34. The molecule has 4 nitrogen and oxygen atoms in total. The summed E-state index contributed by atoms with van der Waals surface area (Å²) in [5, 5.41) is 4.47. The molecule has 1 saturated heterocycles. The van der Waals surface area contributed by atoms with Gasteiger partial charge in [0.15, 0.2) is 0 Å². The number of likely N-dealkylation sites (tertiary alicyclic amines) is 1. The molecule has 0 bridgehead atoms. The zero-order valence-corrected chi connectivity index (χ0v) is 17.2. The average Bonchev–Trinajstić information content (AvgIpc) is 3.22. The number of hydrogen-bond donors (Lipinski definition) is 1. The van der Waals surface area contributed by atoms with E-state index >= 15 is 0 Å². The van der Waals surface area contributed by atoms with Crippen LogP contribution in [0.5, 0.6) is 0 Å². The third kappa shape index (κ3) is 4.60. The number of amides is 1. The Hall–Kier alpha value is -1.81. The fourth-order valence-electron chi connectivity index (χ4n) is 5.13. The maximum Gasteiger partial charge on any atom is 0.219 e. The van der Waals surface area contributed by atoms with Gasteiger partial charge in [-0.3, -0.25) is 4.79 Å². The zero-order chi connectivity index (χ0) is 19.3. The lowest BCUT2D eigenvalue weighted by atomic mass is 9.83. The highest BCUT2D eigenvalue weighted by Gasteiger charge is 2.25. The van der Waals surface area contributed by atoms with E-state index in [1.54, 1.807) is 0 Å². The summed E-state index contributed by atoms with van der Waals surface area (Å²) in [6.07, 6.45) is 11.1. The predicted octanol–water partition coefficient (Wildman–Crippen LogP) is 5.09. The Morgan fingerprint density at radius 1 is 1.11 bits per heavy atom. The van der Waals surface area contributed by atoms with Crippen molar-refractivity contribution in [3.8, 4) is 0 Å². The molecule has 1 N–H and O–H groups in total. The van der Waals surface area contributed by atoms with Gasteiger partial charge < -0.3 is 14.6 Å². The van der Waals surface area contributed by atoms with Gasteiger partial charge in [0.1, 0.15) is 5.58 Å². The largest absolute Gasteiger partial charge is 0.464 e. The summed E-state index contributed by atoms with van der Waals surface area (Å²) in [5.41, 5.74) is 2.49. The average molecular weight is 383 g/mol. The quantitative estimate of drug-likeness (QED) is 0.757. The van der Waals surface area contributed by atoms with Gasteiger partial charge in [0.25, 0.3) is 0 Å². The fourth-order valence-corrected chi connectivity index (χ4v) is 5.13. The number of rotatable bonds is 6. The van der Waals surface area contributed by atoms with Gasteiger partial charge in [-0.2, -0.15) is 0 Å². The number of furan rings is 1. The molecule has 152 valence electrons. The zero-order valence-electron chi connectivity index (χ0n) is 17.2. The van der Waals surface area contributed by atoms with Crippen LogP contribution in [-0.4, -0.2) is 36.5 Å². The second-order valence-corrected chi connectivity index (χ2v) is 8.72. The van der Waals surface area contributed by atoms with E-state index in [4.69, 9.17) is 4.42 Å². The molecule has 4 rings (SSSR count). The van der Waals surface area contributed by atoms with Gasteiger partial charge in [0.05, 0.1) is 6.26 Å². The maximum absolute atomic E-state index is 11.6. The molecule has 1 aromatic heterocycles. The van der Waals surface area contributed by atoms with Crippen LogP contribution in [0.4, 0.5) is 0 Å². The number of carbonyl (C=O) groups is 1. The third-order valence-corrected chi connectivity index (χ3v) is 6.94. The Morgan fingerprint density at radius 2 is 1.89 bits per heavy atom. The molecule has 2 aromatic rings. The van der Waals surface area contributed by atoms with Gasteiger partial charge >= 0.3 is 0 Å². The summed E-state index contributed by atoms with van der Waals surface area (Å²) < 4.78 is 5.58. The van der Waals surface area contributed by atoms with Crippen molar-refractivity contribution in [3.63, 3.8) is 0 Å². The van der Waals surface area contributed by atoms with Gasteiger partial charge in [0.2, 0.25) is 5.91 Å². The number of hydrogen-bond acceptors (Lipinski definition) is 3. The second-order valence-electron chi connectivity index (χ2n) is 8.72. The SMILES string of the molecule is CCC(=O)NC1CCC(CCN2CCC(c3cccc4occc34)CC2)CC1. The Labute approximate surface area is 168 Å². The van der Waals surface area contributed by atoms with Gasteiger partial charge in [-0.25, -0.2) is 0 Å². The van der Waals surface area contributed by atoms with E-state index in [9.17, 15) is 4.79 Å².